The van der Waals surface area contributed by atoms with Gasteiger partial charge in [0.1, 0.15) is 5.75 Å². The highest BCUT2D eigenvalue weighted by molar-refractivity contribution is 5.96. The minimum absolute atomic E-state index is 0.540. The highest BCUT2D eigenvalue weighted by atomic mass is 16.5. The van der Waals surface area contributed by atoms with Crippen molar-refractivity contribution >= 4 is 10.9 Å². The lowest BCUT2D eigenvalue weighted by atomic mass is 9.98. The number of nitrogens with one attached hydrogen (secondary N) is 1. The van der Waals surface area contributed by atoms with Crippen LogP contribution in [0.4, 0.5) is 0 Å². The molecule has 2 heteroatoms. The van der Waals surface area contributed by atoms with Gasteiger partial charge in [-0.15, -0.1) is 0 Å². The number of rotatable bonds is 3. The summed E-state index contributed by atoms with van der Waals surface area (Å²) in [5, 5.41) is 1.28. The van der Waals surface area contributed by atoms with Gasteiger partial charge in [-0.05, 0) is 41.3 Å². The van der Waals surface area contributed by atoms with E-state index >= 15 is 0 Å². The zero-order chi connectivity index (χ0) is 14.1. The Bertz CT molecular complexity index is 723. The molecular weight excluding hydrogens is 246 g/mol. The number of hydrogen-bond donors (Lipinski definition) is 1. The SMILES string of the molecule is COc1ccc(-c2c[nH]c3ccc(C(C)C)cc23)cc1. The Balaban J connectivity index is 2.12. The van der Waals surface area contributed by atoms with Crippen LogP contribution in [-0.2, 0) is 0 Å². The second kappa shape index (κ2) is 5.04. The van der Waals surface area contributed by atoms with E-state index in [4.69, 9.17) is 4.74 Å². The van der Waals surface area contributed by atoms with Gasteiger partial charge >= 0.3 is 0 Å². The number of aromatic amines is 1. The summed E-state index contributed by atoms with van der Waals surface area (Å²) in [7, 11) is 1.69. The summed E-state index contributed by atoms with van der Waals surface area (Å²) in [5.74, 6) is 1.43. The lowest BCUT2D eigenvalue weighted by Gasteiger charge is -2.07. The molecular formula is C18H19NO. The normalized spacial score (nSPS) is 11.2. The third-order valence-electron chi connectivity index (χ3n) is 3.77. The molecule has 0 unspecified atom stereocenters. The number of hydrogen-bond acceptors (Lipinski definition) is 1. The average Bonchev–Trinajstić information content (AvgIpc) is 2.90. The fourth-order valence-corrected chi connectivity index (χ4v) is 2.51. The number of benzene rings is 2. The summed E-state index contributed by atoms with van der Waals surface area (Å²) in [5.41, 5.74) is 5.00. The molecule has 1 N–H and O–H groups in total. The van der Waals surface area contributed by atoms with Gasteiger partial charge in [-0.2, -0.15) is 0 Å². The van der Waals surface area contributed by atoms with Crippen molar-refractivity contribution in [3.63, 3.8) is 0 Å². The minimum atomic E-state index is 0.540. The maximum atomic E-state index is 5.22. The van der Waals surface area contributed by atoms with Crippen molar-refractivity contribution in [2.45, 2.75) is 19.8 Å². The number of aromatic nitrogens is 1. The lowest BCUT2D eigenvalue weighted by molar-refractivity contribution is 0.415. The summed E-state index contributed by atoms with van der Waals surface area (Å²) in [6.07, 6.45) is 2.08. The Kier molecular flexibility index (Phi) is 3.23. The maximum Gasteiger partial charge on any atom is 0.118 e. The van der Waals surface area contributed by atoms with Crippen molar-refractivity contribution < 1.29 is 4.74 Å². The molecule has 0 radical (unpaired) electrons. The summed E-state index contributed by atoms with van der Waals surface area (Å²) < 4.78 is 5.22. The van der Waals surface area contributed by atoms with E-state index < -0.39 is 0 Å². The number of fused-ring (bicyclic) bond motifs is 1. The molecule has 2 nitrogen and oxygen atoms in total. The number of H-pyrrole nitrogens is 1. The molecule has 0 spiro atoms. The molecule has 0 aliphatic heterocycles. The summed E-state index contributed by atoms with van der Waals surface area (Å²) in [6.45, 7) is 4.45. The van der Waals surface area contributed by atoms with Crippen LogP contribution in [0.3, 0.4) is 0 Å². The van der Waals surface area contributed by atoms with E-state index in [1.54, 1.807) is 7.11 Å². The third-order valence-corrected chi connectivity index (χ3v) is 3.77. The molecule has 102 valence electrons. The first-order valence-electron chi connectivity index (χ1n) is 6.94. The standard InChI is InChI=1S/C18H19NO/c1-12(2)14-6-9-18-16(10-14)17(11-19-18)13-4-7-15(20-3)8-5-13/h4-12,19H,1-3H3. The van der Waals surface area contributed by atoms with E-state index in [0.717, 1.165) is 5.75 Å². The molecule has 0 bridgehead atoms. The van der Waals surface area contributed by atoms with Crippen LogP contribution in [0, 0.1) is 0 Å². The van der Waals surface area contributed by atoms with Crippen LogP contribution < -0.4 is 4.74 Å². The molecule has 0 aliphatic carbocycles. The predicted octanol–water partition coefficient (Wildman–Crippen LogP) is 4.97. The van der Waals surface area contributed by atoms with Crippen molar-refractivity contribution in [2.75, 3.05) is 7.11 Å². The summed E-state index contributed by atoms with van der Waals surface area (Å²) in [4.78, 5) is 3.35. The Labute approximate surface area is 119 Å². The van der Waals surface area contributed by atoms with Crippen molar-refractivity contribution in [2.24, 2.45) is 0 Å². The monoisotopic (exact) mass is 265 g/mol. The van der Waals surface area contributed by atoms with Gasteiger partial charge in [0.2, 0.25) is 0 Å². The fourth-order valence-electron chi connectivity index (χ4n) is 2.51. The van der Waals surface area contributed by atoms with Crippen LogP contribution in [0.25, 0.3) is 22.0 Å². The van der Waals surface area contributed by atoms with Gasteiger partial charge in [-0.25, -0.2) is 0 Å². The Hall–Kier alpha value is -2.22. The highest BCUT2D eigenvalue weighted by Gasteiger charge is 2.08. The van der Waals surface area contributed by atoms with Gasteiger partial charge in [0.15, 0.2) is 0 Å². The number of methoxy groups -OCH3 is 1. The zero-order valence-corrected chi connectivity index (χ0v) is 12.1. The van der Waals surface area contributed by atoms with Crippen LogP contribution in [0.15, 0.2) is 48.7 Å². The van der Waals surface area contributed by atoms with Crippen LogP contribution in [-0.4, -0.2) is 12.1 Å². The quantitative estimate of drug-likeness (QED) is 0.710. The Morgan fingerprint density at radius 2 is 1.75 bits per heavy atom. The molecule has 0 saturated heterocycles. The van der Waals surface area contributed by atoms with Crippen molar-refractivity contribution in [3.8, 4) is 16.9 Å². The van der Waals surface area contributed by atoms with Crippen molar-refractivity contribution in [1.82, 2.24) is 4.98 Å². The highest BCUT2D eigenvalue weighted by Crippen LogP contribution is 2.31. The van der Waals surface area contributed by atoms with E-state index in [-0.39, 0.29) is 0 Å². The first-order valence-corrected chi connectivity index (χ1v) is 6.94. The maximum absolute atomic E-state index is 5.22. The molecule has 1 heterocycles. The van der Waals surface area contributed by atoms with Crippen LogP contribution >= 0.6 is 0 Å². The second-order valence-electron chi connectivity index (χ2n) is 5.39. The van der Waals surface area contributed by atoms with Crippen molar-refractivity contribution in [1.29, 1.82) is 0 Å². The Morgan fingerprint density at radius 1 is 1.00 bits per heavy atom. The molecule has 2 aromatic carbocycles. The topological polar surface area (TPSA) is 25.0 Å². The third kappa shape index (κ3) is 2.18. The minimum Gasteiger partial charge on any atom is -0.497 e. The van der Waals surface area contributed by atoms with Crippen LogP contribution in [0.2, 0.25) is 0 Å². The van der Waals surface area contributed by atoms with E-state index in [1.807, 2.05) is 12.1 Å². The largest absolute Gasteiger partial charge is 0.497 e. The number of ether oxygens (including phenoxy) is 1. The average molecular weight is 265 g/mol. The van der Waals surface area contributed by atoms with Gasteiger partial charge in [0.05, 0.1) is 7.11 Å². The molecule has 0 aliphatic rings. The fraction of sp³-hybridized carbons (Fsp3) is 0.222. The van der Waals surface area contributed by atoms with E-state index in [1.165, 1.54) is 27.6 Å². The molecule has 0 atom stereocenters. The van der Waals surface area contributed by atoms with Crippen LogP contribution in [0.1, 0.15) is 25.3 Å². The Morgan fingerprint density at radius 3 is 2.40 bits per heavy atom. The van der Waals surface area contributed by atoms with Crippen molar-refractivity contribution in [3.05, 3.63) is 54.2 Å². The van der Waals surface area contributed by atoms with E-state index in [2.05, 4.69) is 55.4 Å². The zero-order valence-electron chi connectivity index (χ0n) is 12.1. The first kappa shape index (κ1) is 12.8. The second-order valence-corrected chi connectivity index (χ2v) is 5.39. The molecule has 0 fully saturated rings. The lowest BCUT2D eigenvalue weighted by Crippen LogP contribution is -1.86. The molecule has 3 rings (SSSR count). The van der Waals surface area contributed by atoms with Gasteiger partial charge < -0.3 is 9.72 Å². The molecule has 0 amide bonds. The predicted molar refractivity (Wildman–Crippen MR) is 84.4 cm³/mol. The molecule has 0 saturated carbocycles. The summed E-state index contributed by atoms with van der Waals surface area (Å²) >= 11 is 0. The first-order chi connectivity index (χ1) is 9.69. The smallest absolute Gasteiger partial charge is 0.118 e. The molecule has 3 aromatic rings. The van der Waals surface area contributed by atoms with Gasteiger partial charge in [-0.1, -0.05) is 32.0 Å². The van der Waals surface area contributed by atoms with E-state index in [9.17, 15) is 0 Å². The van der Waals surface area contributed by atoms with Gasteiger partial charge in [0, 0.05) is 22.7 Å². The summed E-state index contributed by atoms with van der Waals surface area (Å²) in [6, 6.07) is 14.9. The van der Waals surface area contributed by atoms with Crippen LogP contribution in [0.5, 0.6) is 5.75 Å². The molecule has 1 aromatic heterocycles. The van der Waals surface area contributed by atoms with Gasteiger partial charge in [0.25, 0.3) is 0 Å². The van der Waals surface area contributed by atoms with E-state index in [0.29, 0.717) is 5.92 Å². The molecule has 20 heavy (non-hydrogen) atoms. The van der Waals surface area contributed by atoms with Gasteiger partial charge in [-0.3, -0.25) is 0 Å².